The number of rotatable bonds is 2. The van der Waals surface area contributed by atoms with Crippen LogP contribution in [0.5, 0.6) is 0 Å². The standard InChI is InChI=1S/C5H12.4C2H6.6CH4/c1-3-5-4-2;4*1-2;;;;;;/h3-5H2,1-2H3;4*1-2H3;6*1H4. The summed E-state index contributed by atoms with van der Waals surface area (Å²) in [6.45, 7) is 20.4. The van der Waals surface area contributed by atoms with Crippen molar-refractivity contribution in [3.05, 3.63) is 0 Å². The molecule has 0 aromatic carbocycles. The molecule has 0 fully saturated rings. The summed E-state index contributed by atoms with van der Waals surface area (Å²) in [6, 6.07) is 0. The van der Waals surface area contributed by atoms with Crippen molar-refractivity contribution in [1.29, 1.82) is 0 Å². The van der Waals surface area contributed by atoms with Gasteiger partial charge >= 0.3 is 0 Å². The molecule has 0 amide bonds. The van der Waals surface area contributed by atoms with Crippen molar-refractivity contribution in [2.24, 2.45) is 0 Å². The molecule has 0 heteroatoms. The fourth-order valence-electron chi connectivity index (χ4n) is 0.354. The Morgan fingerprint density at radius 1 is 0.368 bits per heavy atom. The van der Waals surface area contributed by atoms with Crippen molar-refractivity contribution in [3.8, 4) is 0 Å². The number of hydrogen-bond donors (Lipinski definition) is 0. The summed E-state index contributed by atoms with van der Waals surface area (Å²) in [5.41, 5.74) is 0. The molecule has 0 saturated heterocycles. The maximum absolute atomic E-state index is 2.21. The quantitative estimate of drug-likeness (QED) is 0.474. The Balaban J connectivity index is -0.00000000463. The van der Waals surface area contributed by atoms with E-state index in [0.717, 1.165) is 0 Å². The molecule has 0 nitrogen and oxygen atoms in total. The van der Waals surface area contributed by atoms with Gasteiger partial charge in [-0.1, -0.05) is 133 Å². The van der Waals surface area contributed by atoms with Crippen LogP contribution >= 0.6 is 0 Å². The fourth-order valence-corrected chi connectivity index (χ4v) is 0.354. The van der Waals surface area contributed by atoms with Crippen LogP contribution in [-0.4, -0.2) is 0 Å². The molecule has 0 aromatic heterocycles. The summed E-state index contributed by atoms with van der Waals surface area (Å²) < 4.78 is 0. The van der Waals surface area contributed by atoms with Crippen molar-refractivity contribution >= 4 is 0 Å². The Labute approximate surface area is 133 Å². The summed E-state index contributed by atoms with van der Waals surface area (Å²) in [4.78, 5) is 0. The van der Waals surface area contributed by atoms with Gasteiger partial charge in [0.2, 0.25) is 0 Å². The number of hydrogen-bond acceptors (Lipinski definition) is 0. The van der Waals surface area contributed by atoms with Crippen LogP contribution in [0.25, 0.3) is 0 Å². The van der Waals surface area contributed by atoms with Gasteiger partial charge in [0.15, 0.2) is 0 Å². The third-order valence-corrected chi connectivity index (χ3v) is 0.707. The zero-order valence-corrected chi connectivity index (χ0v) is 12.1. The predicted molar refractivity (Wildman–Crippen MR) is 111 cm³/mol. The zero-order chi connectivity index (χ0) is 12.1. The minimum absolute atomic E-state index is 0. The van der Waals surface area contributed by atoms with Crippen molar-refractivity contribution in [2.45, 2.75) is 133 Å². The molecular weight excluding hydrogens is 228 g/mol. The van der Waals surface area contributed by atoms with E-state index >= 15 is 0 Å². The van der Waals surface area contributed by atoms with Crippen LogP contribution in [0.2, 0.25) is 0 Å². The average molecular weight is 289 g/mol. The maximum Gasteiger partial charge on any atom is -0.0538 e. The van der Waals surface area contributed by atoms with Gasteiger partial charge < -0.3 is 0 Å². The molecule has 0 aliphatic rings. The zero-order valence-electron chi connectivity index (χ0n) is 12.1. The first kappa shape index (κ1) is 96.2. The molecule has 19 heavy (non-hydrogen) atoms. The first-order valence-corrected chi connectivity index (χ1v) is 6.41. The lowest BCUT2D eigenvalue weighted by Gasteiger charge is -1.79. The van der Waals surface area contributed by atoms with Crippen molar-refractivity contribution in [3.63, 3.8) is 0 Å². The van der Waals surface area contributed by atoms with Crippen LogP contribution < -0.4 is 0 Å². The molecule has 0 atom stereocenters. The highest BCUT2D eigenvalue weighted by molar-refractivity contribution is 4.24. The van der Waals surface area contributed by atoms with Gasteiger partial charge in [0.25, 0.3) is 0 Å². The Bertz CT molecular complexity index is 7.51. The van der Waals surface area contributed by atoms with Crippen LogP contribution in [0, 0.1) is 0 Å². The van der Waals surface area contributed by atoms with Crippen LogP contribution in [0.1, 0.15) is 133 Å². The van der Waals surface area contributed by atoms with Gasteiger partial charge in [-0.15, -0.1) is 0 Å². The minimum atomic E-state index is 0. The summed E-state index contributed by atoms with van der Waals surface area (Å²) in [6.07, 6.45) is 4.08. The molecule has 0 bridgehead atoms. The Hall–Kier alpha value is 0. The van der Waals surface area contributed by atoms with Crippen LogP contribution in [0.15, 0.2) is 0 Å². The summed E-state index contributed by atoms with van der Waals surface area (Å²) >= 11 is 0. The van der Waals surface area contributed by atoms with Crippen LogP contribution in [0.3, 0.4) is 0 Å². The van der Waals surface area contributed by atoms with Gasteiger partial charge in [-0.3, -0.25) is 0 Å². The summed E-state index contributed by atoms with van der Waals surface area (Å²) in [5, 5.41) is 0. The average Bonchev–Trinajstić information content (AvgIpc) is 2.30. The van der Waals surface area contributed by atoms with Gasteiger partial charge in [0.05, 0.1) is 0 Å². The maximum atomic E-state index is 2.21. The lowest BCUT2D eigenvalue weighted by Crippen LogP contribution is -1.59. The third kappa shape index (κ3) is 1150. The molecule has 136 valence electrons. The monoisotopic (exact) mass is 288 g/mol. The molecule has 0 aliphatic carbocycles. The lowest BCUT2D eigenvalue weighted by atomic mass is 10.3. The highest BCUT2D eigenvalue weighted by Crippen LogP contribution is 1.88. The molecule has 0 unspecified atom stereocenters. The van der Waals surface area contributed by atoms with Gasteiger partial charge in [-0.25, -0.2) is 0 Å². The Kier molecular flexibility index (Phi) is 2930. The first-order chi connectivity index (χ1) is 6.41. The molecule has 0 aromatic rings. The van der Waals surface area contributed by atoms with Gasteiger partial charge in [0, 0.05) is 0 Å². The van der Waals surface area contributed by atoms with E-state index in [1.165, 1.54) is 19.3 Å². The Morgan fingerprint density at radius 3 is 0.474 bits per heavy atom. The van der Waals surface area contributed by atoms with E-state index in [2.05, 4.69) is 13.8 Å². The van der Waals surface area contributed by atoms with Gasteiger partial charge in [-0.05, 0) is 0 Å². The molecule has 0 spiro atoms. The summed E-state index contributed by atoms with van der Waals surface area (Å²) in [5.74, 6) is 0. The van der Waals surface area contributed by atoms with E-state index in [4.69, 9.17) is 0 Å². The van der Waals surface area contributed by atoms with Crippen molar-refractivity contribution in [2.75, 3.05) is 0 Å². The molecule has 0 saturated carbocycles. The third-order valence-electron chi connectivity index (χ3n) is 0.707. The predicted octanol–water partition coefficient (Wildman–Crippen LogP) is 10.1. The van der Waals surface area contributed by atoms with E-state index in [-0.39, 0.29) is 44.6 Å². The van der Waals surface area contributed by atoms with E-state index in [9.17, 15) is 0 Å². The van der Waals surface area contributed by atoms with Crippen molar-refractivity contribution < 1.29 is 0 Å². The molecule has 0 heterocycles. The number of unbranched alkanes of at least 4 members (excludes halogenated alkanes) is 2. The SMILES string of the molecule is C.C.C.C.C.C.CC.CC.CC.CC.CCCCC. The van der Waals surface area contributed by atoms with E-state index in [0.29, 0.717) is 0 Å². The highest BCUT2D eigenvalue weighted by atomic mass is 13.7. The molecule has 0 aliphatic heterocycles. The van der Waals surface area contributed by atoms with Gasteiger partial charge in [-0.2, -0.15) is 0 Å². The smallest absolute Gasteiger partial charge is 0.0538 e. The van der Waals surface area contributed by atoms with Crippen LogP contribution in [0.4, 0.5) is 0 Å². The molecular formula is C19H60. The second-order valence-electron chi connectivity index (χ2n) is 1.35. The van der Waals surface area contributed by atoms with E-state index < -0.39 is 0 Å². The molecule has 0 N–H and O–H groups in total. The van der Waals surface area contributed by atoms with Crippen molar-refractivity contribution in [1.82, 2.24) is 0 Å². The molecule has 0 radical (unpaired) electrons. The Morgan fingerprint density at radius 2 is 0.474 bits per heavy atom. The van der Waals surface area contributed by atoms with Crippen LogP contribution in [-0.2, 0) is 0 Å². The highest BCUT2D eigenvalue weighted by Gasteiger charge is 1.68. The van der Waals surface area contributed by atoms with E-state index in [1.54, 1.807) is 0 Å². The lowest BCUT2D eigenvalue weighted by molar-refractivity contribution is 0.772. The minimum Gasteiger partial charge on any atom is -0.0776 e. The second-order valence-corrected chi connectivity index (χ2v) is 1.35. The normalized spacial score (nSPS) is 3.47. The topological polar surface area (TPSA) is 0 Å². The summed E-state index contributed by atoms with van der Waals surface area (Å²) in [7, 11) is 0. The van der Waals surface area contributed by atoms with Gasteiger partial charge in [0.1, 0.15) is 0 Å². The second kappa shape index (κ2) is 578. The largest absolute Gasteiger partial charge is 0.0776 e. The fraction of sp³-hybridized carbons (Fsp3) is 1.00. The molecule has 0 rings (SSSR count). The van der Waals surface area contributed by atoms with E-state index in [1.807, 2.05) is 55.4 Å². The first-order valence-electron chi connectivity index (χ1n) is 6.41.